The number of amides is 1. The predicted octanol–water partition coefficient (Wildman–Crippen LogP) is -0.213. The summed E-state index contributed by atoms with van der Waals surface area (Å²) in [4.78, 5) is 56.1. The summed E-state index contributed by atoms with van der Waals surface area (Å²) in [6.07, 6.45) is 3.23. The van der Waals surface area contributed by atoms with Crippen LogP contribution in [0.4, 0.5) is 5.13 Å². The summed E-state index contributed by atoms with van der Waals surface area (Å²) in [5, 5.41) is 0.882. The normalized spacial score (nSPS) is 14.6. The first-order valence-corrected chi connectivity index (χ1v) is 10.6. The topological polar surface area (TPSA) is 111 Å². The summed E-state index contributed by atoms with van der Waals surface area (Å²) in [5.41, 5.74) is 0.406. The molecule has 1 saturated heterocycles. The van der Waals surface area contributed by atoms with Gasteiger partial charge in [-0.1, -0.05) is 11.3 Å². The zero-order valence-electron chi connectivity index (χ0n) is 17.1. The van der Waals surface area contributed by atoms with Crippen LogP contribution in [0.25, 0.3) is 21.5 Å². The van der Waals surface area contributed by atoms with E-state index in [0.29, 0.717) is 37.3 Å². The molecular formula is C19H20N8O3S. The Hall–Kier alpha value is -3.54. The number of rotatable bonds is 3. The molecule has 1 amide bonds. The van der Waals surface area contributed by atoms with Crippen molar-refractivity contribution >= 4 is 43.9 Å². The molecule has 31 heavy (non-hydrogen) atoms. The monoisotopic (exact) mass is 440 g/mol. The van der Waals surface area contributed by atoms with Crippen molar-refractivity contribution in [1.29, 1.82) is 0 Å². The number of aryl methyl sites for hydroxylation is 2. The average Bonchev–Trinajstić information content (AvgIpc) is 3.39. The minimum atomic E-state index is -0.551. The molecule has 0 aromatic carbocycles. The lowest BCUT2D eigenvalue weighted by Gasteiger charge is -2.34. The highest BCUT2D eigenvalue weighted by molar-refractivity contribution is 7.21. The maximum absolute atomic E-state index is 12.9. The second-order valence-electron chi connectivity index (χ2n) is 7.45. The Kier molecular flexibility index (Phi) is 4.58. The second kappa shape index (κ2) is 7.30. The van der Waals surface area contributed by atoms with E-state index >= 15 is 0 Å². The van der Waals surface area contributed by atoms with Gasteiger partial charge in [-0.3, -0.25) is 14.2 Å². The van der Waals surface area contributed by atoms with Crippen LogP contribution in [0, 0.1) is 0 Å². The van der Waals surface area contributed by atoms with Crippen LogP contribution in [-0.4, -0.2) is 65.6 Å². The van der Waals surface area contributed by atoms with Gasteiger partial charge < -0.3 is 14.4 Å². The van der Waals surface area contributed by atoms with E-state index in [2.05, 4.69) is 19.9 Å². The molecule has 0 saturated carbocycles. The molecule has 5 heterocycles. The van der Waals surface area contributed by atoms with Gasteiger partial charge in [0.15, 0.2) is 16.3 Å². The van der Waals surface area contributed by atoms with Crippen LogP contribution in [0.1, 0.15) is 0 Å². The van der Waals surface area contributed by atoms with Crippen molar-refractivity contribution in [3.05, 3.63) is 45.5 Å². The molecule has 5 rings (SSSR count). The third-order valence-corrected chi connectivity index (χ3v) is 6.59. The lowest BCUT2D eigenvalue weighted by atomic mass is 10.3. The maximum Gasteiger partial charge on any atom is 0.332 e. The van der Waals surface area contributed by atoms with Gasteiger partial charge in [0.05, 0.1) is 6.33 Å². The summed E-state index contributed by atoms with van der Waals surface area (Å²) >= 11 is 1.53. The number of carbonyl (C=O) groups excluding carboxylic acids is 1. The largest absolute Gasteiger partial charge is 0.344 e. The van der Waals surface area contributed by atoms with E-state index in [1.54, 1.807) is 29.8 Å². The molecule has 0 radical (unpaired) electrons. The number of thiazole rings is 1. The predicted molar refractivity (Wildman–Crippen MR) is 116 cm³/mol. The summed E-state index contributed by atoms with van der Waals surface area (Å²) in [6, 6.07) is 3.79. The van der Waals surface area contributed by atoms with E-state index in [4.69, 9.17) is 0 Å². The molecule has 1 aliphatic rings. The van der Waals surface area contributed by atoms with Crippen molar-refractivity contribution in [2.45, 2.75) is 6.54 Å². The lowest BCUT2D eigenvalue weighted by molar-refractivity contribution is -0.132. The van der Waals surface area contributed by atoms with E-state index in [1.807, 2.05) is 12.1 Å². The van der Waals surface area contributed by atoms with Crippen molar-refractivity contribution < 1.29 is 4.79 Å². The van der Waals surface area contributed by atoms with E-state index < -0.39 is 11.2 Å². The van der Waals surface area contributed by atoms with E-state index in [-0.39, 0.29) is 12.5 Å². The smallest absolute Gasteiger partial charge is 0.332 e. The minimum Gasteiger partial charge on any atom is -0.344 e. The van der Waals surface area contributed by atoms with Gasteiger partial charge in [-0.15, -0.1) is 0 Å². The van der Waals surface area contributed by atoms with Gasteiger partial charge in [0.2, 0.25) is 5.91 Å². The number of hydrogen-bond acceptors (Lipinski definition) is 8. The summed E-state index contributed by atoms with van der Waals surface area (Å²) in [7, 11) is 3.23. The van der Waals surface area contributed by atoms with Gasteiger partial charge in [0.1, 0.15) is 16.9 Å². The SMILES string of the molecule is Cn1cnc2c1c(=O)n(CC(=O)N1CCN(c3nc4cccnc4s3)CC1)c(=O)n2C. The van der Waals surface area contributed by atoms with Crippen LogP contribution < -0.4 is 16.1 Å². The standard InChI is InChI=1S/C19H20N8O3S/c1-23-11-21-15-14(23)17(29)27(19(30)24(15)2)10-13(28)25-6-8-26(9-7-25)18-22-12-4-3-5-20-16(12)31-18/h3-5,11H,6-10H2,1-2H3. The van der Waals surface area contributed by atoms with Crippen molar-refractivity contribution in [1.82, 2.24) is 33.6 Å². The van der Waals surface area contributed by atoms with E-state index in [1.165, 1.54) is 22.2 Å². The fourth-order valence-corrected chi connectivity index (χ4v) is 4.77. The van der Waals surface area contributed by atoms with Crippen LogP contribution in [0.3, 0.4) is 0 Å². The molecule has 0 atom stereocenters. The molecule has 0 bridgehead atoms. The lowest BCUT2D eigenvalue weighted by Crippen LogP contribution is -2.51. The highest BCUT2D eigenvalue weighted by atomic mass is 32.1. The number of pyridine rings is 1. The molecule has 11 nitrogen and oxygen atoms in total. The Bertz CT molecular complexity index is 1390. The summed E-state index contributed by atoms with van der Waals surface area (Å²) in [5.74, 6) is -0.258. The van der Waals surface area contributed by atoms with Crippen LogP contribution in [0.5, 0.6) is 0 Å². The highest BCUT2D eigenvalue weighted by Crippen LogP contribution is 2.27. The third kappa shape index (κ3) is 3.19. The van der Waals surface area contributed by atoms with Crippen LogP contribution in [0.15, 0.2) is 34.2 Å². The molecule has 0 N–H and O–H groups in total. The van der Waals surface area contributed by atoms with Crippen LogP contribution in [-0.2, 0) is 25.4 Å². The number of piperazine rings is 1. The van der Waals surface area contributed by atoms with Gasteiger partial charge in [-0.2, -0.15) is 0 Å². The second-order valence-corrected chi connectivity index (χ2v) is 8.41. The van der Waals surface area contributed by atoms with Crippen molar-refractivity contribution in [3.8, 4) is 0 Å². The Morgan fingerprint density at radius 3 is 2.65 bits per heavy atom. The Balaban J connectivity index is 1.33. The highest BCUT2D eigenvalue weighted by Gasteiger charge is 2.25. The molecule has 4 aromatic rings. The molecule has 0 spiro atoms. The summed E-state index contributed by atoms with van der Waals surface area (Å²) < 4.78 is 3.84. The average molecular weight is 440 g/mol. The van der Waals surface area contributed by atoms with E-state index in [0.717, 1.165) is 20.0 Å². The van der Waals surface area contributed by atoms with Crippen LogP contribution >= 0.6 is 11.3 Å². The van der Waals surface area contributed by atoms with Crippen LogP contribution in [0.2, 0.25) is 0 Å². The van der Waals surface area contributed by atoms with E-state index in [9.17, 15) is 14.4 Å². The molecule has 160 valence electrons. The first-order valence-electron chi connectivity index (χ1n) is 9.79. The Morgan fingerprint density at radius 1 is 1.13 bits per heavy atom. The molecule has 0 unspecified atom stereocenters. The number of imidazole rings is 1. The first-order chi connectivity index (χ1) is 14.9. The molecule has 0 aliphatic carbocycles. The molecule has 12 heteroatoms. The summed E-state index contributed by atoms with van der Waals surface area (Å²) in [6.45, 7) is 1.94. The fourth-order valence-electron chi connectivity index (χ4n) is 3.81. The number of carbonyl (C=O) groups is 1. The van der Waals surface area contributed by atoms with Gasteiger partial charge in [-0.05, 0) is 12.1 Å². The van der Waals surface area contributed by atoms with Crippen molar-refractivity contribution in [2.75, 3.05) is 31.1 Å². The van der Waals surface area contributed by atoms with Gasteiger partial charge >= 0.3 is 5.69 Å². The van der Waals surface area contributed by atoms with Crippen molar-refractivity contribution in [2.24, 2.45) is 14.1 Å². The maximum atomic E-state index is 12.9. The number of nitrogens with zero attached hydrogens (tertiary/aromatic N) is 8. The molecule has 1 fully saturated rings. The Morgan fingerprint density at radius 2 is 1.90 bits per heavy atom. The number of anilines is 1. The van der Waals surface area contributed by atoms with Gasteiger partial charge in [0, 0.05) is 46.5 Å². The van der Waals surface area contributed by atoms with Gasteiger partial charge in [-0.25, -0.2) is 24.3 Å². The number of fused-ring (bicyclic) bond motifs is 2. The molecule has 4 aromatic heterocycles. The first kappa shape index (κ1) is 19.4. The minimum absolute atomic E-state index is 0.258. The third-order valence-electron chi connectivity index (χ3n) is 5.55. The fraction of sp³-hybridized carbons (Fsp3) is 0.368. The Labute approximate surface area is 179 Å². The quantitative estimate of drug-likeness (QED) is 0.433. The zero-order chi connectivity index (χ0) is 21.7. The zero-order valence-corrected chi connectivity index (χ0v) is 17.9. The number of hydrogen-bond donors (Lipinski definition) is 0. The number of aromatic nitrogens is 6. The molecular weight excluding hydrogens is 420 g/mol. The van der Waals surface area contributed by atoms with Gasteiger partial charge in [0.25, 0.3) is 5.56 Å². The molecule has 1 aliphatic heterocycles. The van der Waals surface area contributed by atoms with Crippen molar-refractivity contribution in [3.63, 3.8) is 0 Å².